The molecule has 0 saturated carbocycles. The van der Waals surface area contributed by atoms with Gasteiger partial charge in [0.05, 0.1) is 5.75 Å². The number of likely N-dealkylation sites (N-methyl/N-ethyl adjacent to an activating group) is 1. The Kier molecular flexibility index (Phi) is 6.73. The molecular formula is C13H29N3O2S. The Labute approximate surface area is 118 Å². The van der Waals surface area contributed by atoms with E-state index >= 15 is 0 Å². The predicted molar refractivity (Wildman–Crippen MR) is 79.8 cm³/mol. The third kappa shape index (κ3) is 5.77. The number of hydrogen-bond donors (Lipinski definition) is 1. The highest BCUT2D eigenvalue weighted by molar-refractivity contribution is 7.89. The van der Waals surface area contributed by atoms with Gasteiger partial charge in [-0.05, 0) is 19.4 Å². The zero-order valence-corrected chi connectivity index (χ0v) is 13.5. The van der Waals surface area contributed by atoms with Gasteiger partial charge >= 0.3 is 0 Å². The monoisotopic (exact) mass is 291 g/mol. The summed E-state index contributed by atoms with van der Waals surface area (Å²) in [4.78, 5) is 4.73. The van der Waals surface area contributed by atoms with Gasteiger partial charge in [0.1, 0.15) is 0 Å². The first-order chi connectivity index (χ1) is 8.85. The van der Waals surface area contributed by atoms with E-state index in [2.05, 4.69) is 35.4 Å². The van der Waals surface area contributed by atoms with E-state index in [9.17, 15) is 8.42 Å². The first kappa shape index (κ1) is 16.9. The van der Waals surface area contributed by atoms with Crippen LogP contribution in [0.15, 0.2) is 0 Å². The molecule has 0 aromatic rings. The zero-order valence-electron chi connectivity index (χ0n) is 12.7. The second-order valence-electron chi connectivity index (χ2n) is 5.82. The summed E-state index contributed by atoms with van der Waals surface area (Å²) in [7, 11) is -0.966. The van der Waals surface area contributed by atoms with Crippen LogP contribution in [0.5, 0.6) is 0 Å². The molecule has 19 heavy (non-hydrogen) atoms. The minimum absolute atomic E-state index is 0.223. The van der Waals surface area contributed by atoms with E-state index in [0.29, 0.717) is 24.9 Å². The van der Waals surface area contributed by atoms with Crippen molar-refractivity contribution in [2.24, 2.45) is 5.92 Å². The van der Waals surface area contributed by atoms with Crippen molar-refractivity contribution in [2.45, 2.75) is 33.2 Å². The molecule has 0 radical (unpaired) electrons. The summed E-state index contributed by atoms with van der Waals surface area (Å²) < 4.78 is 26.3. The Bertz CT molecular complexity index is 349. The largest absolute Gasteiger partial charge is 0.304 e. The average molecular weight is 291 g/mol. The van der Waals surface area contributed by atoms with Crippen LogP contribution in [0.25, 0.3) is 0 Å². The SMILES string of the molecule is CCCS(=O)(=O)NCC(C(C)C)N1CCN(C)CC1. The molecule has 1 aliphatic rings. The number of rotatable bonds is 7. The fourth-order valence-corrected chi connectivity index (χ4v) is 3.60. The van der Waals surface area contributed by atoms with Gasteiger partial charge in [-0.25, -0.2) is 13.1 Å². The lowest BCUT2D eigenvalue weighted by molar-refractivity contribution is 0.0905. The maximum absolute atomic E-state index is 11.8. The third-order valence-electron chi connectivity index (χ3n) is 3.76. The normalized spacial score (nSPS) is 20.9. The highest BCUT2D eigenvalue weighted by Crippen LogP contribution is 2.13. The number of nitrogens with zero attached hydrogens (tertiary/aromatic N) is 2. The third-order valence-corrected chi connectivity index (χ3v) is 5.31. The number of nitrogens with one attached hydrogen (secondary N) is 1. The quantitative estimate of drug-likeness (QED) is 0.746. The van der Waals surface area contributed by atoms with Crippen LogP contribution in [0.4, 0.5) is 0 Å². The molecule has 1 heterocycles. The van der Waals surface area contributed by atoms with Crippen molar-refractivity contribution in [3.63, 3.8) is 0 Å². The van der Waals surface area contributed by atoms with Crippen molar-refractivity contribution >= 4 is 10.0 Å². The Hall–Kier alpha value is -0.170. The van der Waals surface area contributed by atoms with E-state index in [-0.39, 0.29) is 5.75 Å². The van der Waals surface area contributed by atoms with E-state index in [0.717, 1.165) is 26.2 Å². The lowest BCUT2D eigenvalue weighted by Gasteiger charge is -2.39. The topological polar surface area (TPSA) is 52.7 Å². The second-order valence-corrected chi connectivity index (χ2v) is 7.74. The number of hydrogen-bond acceptors (Lipinski definition) is 4. The summed E-state index contributed by atoms with van der Waals surface area (Å²) in [6.45, 7) is 10.9. The Morgan fingerprint density at radius 1 is 1.16 bits per heavy atom. The van der Waals surface area contributed by atoms with Gasteiger partial charge in [0, 0.05) is 38.8 Å². The summed E-state index contributed by atoms with van der Waals surface area (Å²) in [5, 5.41) is 0. The van der Waals surface area contributed by atoms with Gasteiger partial charge in [-0.1, -0.05) is 20.8 Å². The van der Waals surface area contributed by atoms with Crippen LogP contribution < -0.4 is 4.72 Å². The summed E-state index contributed by atoms with van der Waals surface area (Å²) in [6.07, 6.45) is 0.663. The predicted octanol–water partition coefficient (Wildman–Crippen LogP) is 0.588. The van der Waals surface area contributed by atoms with Crippen LogP contribution in [-0.2, 0) is 10.0 Å². The molecule has 0 aromatic carbocycles. The van der Waals surface area contributed by atoms with Gasteiger partial charge in [-0.2, -0.15) is 0 Å². The van der Waals surface area contributed by atoms with Crippen molar-refractivity contribution in [1.82, 2.24) is 14.5 Å². The fourth-order valence-electron chi connectivity index (χ4n) is 2.49. The molecule has 1 atom stereocenters. The molecule has 1 saturated heterocycles. The molecule has 114 valence electrons. The number of piperazine rings is 1. The van der Waals surface area contributed by atoms with Crippen molar-refractivity contribution in [2.75, 3.05) is 45.5 Å². The van der Waals surface area contributed by atoms with E-state index in [1.54, 1.807) is 0 Å². The molecule has 1 fully saturated rings. The van der Waals surface area contributed by atoms with Crippen LogP contribution in [-0.4, -0.2) is 69.8 Å². The Morgan fingerprint density at radius 3 is 2.21 bits per heavy atom. The second kappa shape index (κ2) is 7.57. The highest BCUT2D eigenvalue weighted by atomic mass is 32.2. The molecule has 1 unspecified atom stereocenters. The van der Waals surface area contributed by atoms with Gasteiger partial charge in [-0.15, -0.1) is 0 Å². The van der Waals surface area contributed by atoms with Crippen molar-refractivity contribution < 1.29 is 8.42 Å². The molecule has 0 bridgehead atoms. The Morgan fingerprint density at radius 2 is 1.74 bits per heavy atom. The lowest BCUT2D eigenvalue weighted by Crippen LogP contribution is -2.54. The van der Waals surface area contributed by atoms with Gasteiger partial charge in [0.15, 0.2) is 0 Å². The summed E-state index contributed by atoms with van der Waals surface area (Å²) in [6, 6.07) is 0.292. The highest BCUT2D eigenvalue weighted by Gasteiger charge is 2.26. The minimum atomic E-state index is -3.10. The fraction of sp³-hybridized carbons (Fsp3) is 1.00. The molecule has 0 aromatic heterocycles. The number of sulfonamides is 1. The first-order valence-electron chi connectivity index (χ1n) is 7.25. The Balaban J connectivity index is 2.54. The molecule has 0 spiro atoms. The molecule has 1 N–H and O–H groups in total. The molecule has 1 rings (SSSR count). The van der Waals surface area contributed by atoms with Crippen LogP contribution in [0.3, 0.4) is 0 Å². The van der Waals surface area contributed by atoms with Crippen LogP contribution in [0, 0.1) is 5.92 Å². The summed E-state index contributed by atoms with van der Waals surface area (Å²) in [5.41, 5.74) is 0. The zero-order chi connectivity index (χ0) is 14.5. The standard InChI is InChI=1S/C13H29N3O2S/c1-5-10-19(17,18)14-11-13(12(2)3)16-8-6-15(4)7-9-16/h12-14H,5-11H2,1-4H3. The first-order valence-corrected chi connectivity index (χ1v) is 8.91. The smallest absolute Gasteiger partial charge is 0.211 e. The van der Waals surface area contributed by atoms with Crippen molar-refractivity contribution in [3.8, 4) is 0 Å². The van der Waals surface area contributed by atoms with Gasteiger partial charge in [-0.3, -0.25) is 4.90 Å². The van der Waals surface area contributed by atoms with Crippen molar-refractivity contribution in [3.05, 3.63) is 0 Å². The van der Waals surface area contributed by atoms with Crippen LogP contribution in [0.2, 0.25) is 0 Å². The van der Waals surface area contributed by atoms with Gasteiger partial charge in [0.25, 0.3) is 0 Å². The molecule has 0 aliphatic carbocycles. The molecule has 0 amide bonds. The summed E-state index contributed by atoms with van der Waals surface area (Å²) in [5.74, 6) is 0.674. The van der Waals surface area contributed by atoms with Gasteiger partial charge in [0.2, 0.25) is 10.0 Å². The molecule has 1 aliphatic heterocycles. The van der Waals surface area contributed by atoms with Crippen molar-refractivity contribution in [1.29, 1.82) is 0 Å². The average Bonchev–Trinajstić information content (AvgIpc) is 2.31. The van der Waals surface area contributed by atoms with E-state index in [4.69, 9.17) is 0 Å². The maximum Gasteiger partial charge on any atom is 0.211 e. The van der Waals surface area contributed by atoms with E-state index in [1.165, 1.54) is 0 Å². The van der Waals surface area contributed by atoms with Crippen LogP contribution >= 0.6 is 0 Å². The van der Waals surface area contributed by atoms with E-state index < -0.39 is 10.0 Å². The molecular weight excluding hydrogens is 262 g/mol. The van der Waals surface area contributed by atoms with E-state index in [1.807, 2.05) is 6.92 Å². The lowest BCUT2D eigenvalue weighted by atomic mass is 10.0. The minimum Gasteiger partial charge on any atom is -0.304 e. The van der Waals surface area contributed by atoms with Crippen LogP contribution in [0.1, 0.15) is 27.2 Å². The molecule has 5 nitrogen and oxygen atoms in total. The summed E-state index contributed by atoms with van der Waals surface area (Å²) >= 11 is 0. The van der Waals surface area contributed by atoms with Gasteiger partial charge < -0.3 is 4.90 Å². The molecule has 6 heteroatoms. The maximum atomic E-state index is 11.8.